The zero-order valence-corrected chi connectivity index (χ0v) is 7.94. The molecule has 1 heterocycles. The summed E-state index contributed by atoms with van der Waals surface area (Å²) in [5.74, 6) is 0.313. The lowest BCUT2D eigenvalue weighted by Gasteiger charge is -2.19. The van der Waals surface area contributed by atoms with Crippen LogP contribution >= 0.6 is 0 Å². The van der Waals surface area contributed by atoms with Crippen molar-refractivity contribution in [1.82, 2.24) is 5.32 Å². The molecule has 0 aliphatic carbocycles. The molecule has 1 rings (SSSR count). The zero-order valence-electron chi connectivity index (χ0n) is 7.94. The van der Waals surface area contributed by atoms with Crippen molar-refractivity contribution in [3.63, 3.8) is 0 Å². The van der Waals surface area contributed by atoms with Crippen LogP contribution in [-0.2, 0) is 4.79 Å². The molecular formula is C10H19NO. The Morgan fingerprint density at radius 3 is 2.83 bits per heavy atom. The zero-order chi connectivity index (χ0) is 8.81. The molecule has 0 saturated carbocycles. The summed E-state index contributed by atoms with van der Waals surface area (Å²) in [6.07, 6.45) is 7.15. The van der Waals surface area contributed by atoms with Crippen molar-refractivity contribution in [1.29, 1.82) is 0 Å². The van der Waals surface area contributed by atoms with Gasteiger partial charge < -0.3 is 5.32 Å². The van der Waals surface area contributed by atoms with E-state index < -0.39 is 0 Å². The highest BCUT2D eigenvalue weighted by molar-refractivity contribution is 5.76. The molecular weight excluding hydrogens is 150 g/mol. The van der Waals surface area contributed by atoms with Gasteiger partial charge in [-0.15, -0.1) is 0 Å². The van der Waals surface area contributed by atoms with Crippen molar-refractivity contribution in [3.05, 3.63) is 0 Å². The summed E-state index contributed by atoms with van der Waals surface area (Å²) in [5, 5.41) is 3.43. The minimum absolute atomic E-state index is 0.313. The quantitative estimate of drug-likeness (QED) is 0.684. The van der Waals surface area contributed by atoms with Crippen LogP contribution in [0.4, 0.5) is 0 Å². The predicted octanol–water partition coefficient (Wildman–Crippen LogP) is 1.89. The number of hydrogen-bond donors (Lipinski definition) is 1. The van der Waals surface area contributed by atoms with Crippen molar-refractivity contribution < 1.29 is 4.79 Å². The standard InChI is InChI=1S/C10H19NO/c1-9(12)8-10-6-4-2-3-5-7-11-10/h10-11H,2-8H2,1H3. The van der Waals surface area contributed by atoms with E-state index in [1.54, 1.807) is 6.92 Å². The topological polar surface area (TPSA) is 29.1 Å². The fourth-order valence-electron chi connectivity index (χ4n) is 1.80. The SMILES string of the molecule is CC(=O)CC1CCCCCCN1. The molecule has 1 saturated heterocycles. The molecule has 0 amide bonds. The summed E-state index contributed by atoms with van der Waals surface area (Å²) < 4.78 is 0. The first-order valence-corrected chi connectivity index (χ1v) is 5.02. The Bertz CT molecular complexity index is 137. The molecule has 2 nitrogen and oxygen atoms in total. The largest absolute Gasteiger partial charge is 0.314 e. The Balaban J connectivity index is 2.24. The van der Waals surface area contributed by atoms with E-state index in [1.165, 1.54) is 32.1 Å². The summed E-state index contributed by atoms with van der Waals surface area (Å²) in [6.45, 7) is 2.78. The Morgan fingerprint density at radius 2 is 2.08 bits per heavy atom. The van der Waals surface area contributed by atoms with E-state index in [0.717, 1.165) is 13.0 Å². The minimum Gasteiger partial charge on any atom is -0.314 e. The van der Waals surface area contributed by atoms with E-state index in [1.807, 2.05) is 0 Å². The molecule has 1 aliphatic rings. The monoisotopic (exact) mass is 169 g/mol. The van der Waals surface area contributed by atoms with Crippen LogP contribution in [0.1, 0.15) is 45.4 Å². The molecule has 1 N–H and O–H groups in total. The molecule has 0 radical (unpaired) electrons. The van der Waals surface area contributed by atoms with Gasteiger partial charge in [0.05, 0.1) is 0 Å². The second kappa shape index (κ2) is 5.31. The number of ketones is 1. The molecule has 1 aliphatic heterocycles. The van der Waals surface area contributed by atoms with E-state index in [-0.39, 0.29) is 0 Å². The van der Waals surface area contributed by atoms with Gasteiger partial charge in [-0.2, -0.15) is 0 Å². The van der Waals surface area contributed by atoms with Gasteiger partial charge in [0.2, 0.25) is 0 Å². The van der Waals surface area contributed by atoms with E-state index in [0.29, 0.717) is 11.8 Å². The van der Waals surface area contributed by atoms with Crippen LogP contribution in [0.3, 0.4) is 0 Å². The van der Waals surface area contributed by atoms with Gasteiger partial charge in [0.1, 0.15) is 5.78 Å². The molecule has 0 spiro atoms. The third kappa shape index (κ3) is 3.86. The smallest absolute Gasteiger partial charge is 0.131 e. The number of carbonyl (C=O) groups is 1. The van der Waals surface area contributed by atoms with Crippen LogP contribution < -0.4 is 5.32 Å². The van der Waals surface area contributed by atoms with Gasteiger partial charge >= 0.3 is 0 Å². The highest BCUT2D eigenvalue weighted by Gasteiger charge is 2.11. The molecule has 70 valence electrons. The molecule has 0 aromatic heterocycles. The fourth-order valence-corrected chi connectivity index (χ4v) is 1.80. The first kappa shape index (κ1) is 9.72. The number of rotatable bonds is 2. The summed E-state index contributed by atoms with van der Waals surface area (Å²) in [4.78, 5) is 10.9. The number of carbonyl (C=O) groups excluding carboxylic acids is 1. The van der Waals surface area contributed by atoms with Gasteiger partial charge in [-0.3, -0.25) is 4.79 Å². The molecule has 0 bridgehead atoms. The Kier molecular flexibility index (Phi) is 4.30. The third-order valence-electron chi connectivity index (χ3n) is 2.45. The lowest BCUT2D eigenvalue weighted by atomic mass is 10.0. The Labute approximate surface area is 74.7 Å². The van der Waals surface area contributed by atoms with E-state index >= 15 is 0 Å². The van der Waals surface area contributed by atoms with Gasteiger partial charge in [-0.1, -0.05) is 19.3 Å². The second-order valence-electron chi connectivity index (χ2n) is 3.76. The maximum Gasteiger partial charge on any atom is 0.131 e. The van der Waals surface area contributed by atoms with Crippen LogP contribution in [0.5, 0.6) is 0 Å². The summed E-state index contributed by atoms with van der Waals surface area (Å²) in [7, 11) is 0. The van der Waals surface area contributed by atoms with E-state index in [4.69, 9.17) is 0 Å². The highest BCUT2D eigenvalue weighted by Crippen LogP contribution is 2.11. The van der Waals surface area contributed by atoms with E-state index in [2.05, 4.69) is 5.32 Å². The molecule has 0 aromatic carbocycles. The molecule has 1 atom stereocenters. The number of nitrogens with one attached hydrogen (secondary N) is 1. The van der Waals surface area contributed by atoms with Gasteiger partial charge in [0.25, 0.3) is 0 Å². The van der Waals surface area contributed by atoms with Gasteiger partial charge in [-0.25, -0.2) is 0 Å². The lowest BCUT2D eigenvalue weighted by Crippen LogP contribution is -2.32. The molecule has 2 heteroatoms. The van der Waals surface area contributed by atoms with Crippen molar-refractivity contribution in [3.8, 4) is 0 Å². The molecule has 1 unspecified atom stereocenters. The van der Waals surface area contributed by atoms with Crippen LogP contribution in [0.2, 0.25) is 0 Å². The average molecular weight is 169 g/mol. The van der Waals surface area contributed by atoms with Crippen molar-refractivity contribution in [2.45, 2.75) is 51.5 Å². The highest BCUT2D eigenvalue weighted by atomic mass is 16.1. The maximum absolute atomic E-state index is 10.9. The third-order valence-corrected chi connectivity index (χ3v) is 2.45. The predicted molar refractivity (Wildman–Crippen MR) is 50.2 cm³/mol. The van der Waals surface area contributed by atoms with Crippen molar-refractivity contribution >= 4 is 5.78 Å². The van der Waals surface area contributed by atoms with Gasteiger partial charge in [-0.05, 0) is 26.3 Å². The Hall–Kier alpha value is -0.370. The van der Waals surface area contributed by atoms with E-state index in [9.17, 15) is 4.79 Å². The minimum atomic E-state index is 0.313. The van der Waals surface area contributed by atoms with Crippen molar-refractivity contribution in [2.75, 3.05) is 6.54 Å². The van der Waals surface area contributed by atoms with Crippen LogP contribution in [0, 0.1) is 0 Å². The van der Waals surface area contributed by atoms with Crippen molar-refractivity contribution in [2.24, 2.45) is 0 Å². The maximum atomic E-state index is 10.9. The first-order chi connectivity index (χ1) is 5.79. The fraction of sp³-hybridized carbons (Fsp3) is 0.900. The summed E-state index contributed by atoms with van der Waals surface area (Å²) in [6, 6.07) is 0.461. The molecule has 1 fully saturated rings. The normalized spacial score (nSPS) is 25.9. The molecule has 12 heavy (non-hydrogen) atoms. The average Bonchev–Trinajstić information content (AvgIpc) is 1.93. The Morgan fingerprint density at radius 1 is 1.33 bits per heavy atom. The second-order valence-corrected chi connectivity index (χ2v) is 3.76. The van der Waals surface area contributed by atoms with Gasteiger partial charge in [0.15, 0.2) is 0 Å². The van der Waals surface area contributed by atoms with Crippen LogP contribution in [0.25, 0.3) is 0 Å². The lowest BCUT2D eigenvalue weighted by molar-refractivity contribution is -0.117. The number of Topliss-reactive ketones (excluding diaryl/α,β-unsaturated/α-hetero) is 1. The van der Waals surface area contributed by atoms with Crippen LogP contribution in [-0.4, -0.2) is 18.4 Å². The summed E-state index contributed by atoms with van der Waals surface area (Å²) >= 11 is 0. The molecule has 0 aromatic rings. The first-order valence-electron chi connectivity index (χ1n) is 5.02. The number of hydrogen-bond acceptors (Lipinski definition) is 2. The van der Waals surface area contributed by atoms with Crippen LogP contribution in [0.15, 0.2) is 0 Å². The van der Waals surface area contributed by atoms with Gasteiger partial charge in [0, 0.05) is 12.5 Å². The summed E-state index contributed by atoms with van der Waals surface area (Å²) in [5.41, 5.74) is 0.